The molecule has 10 heteroatoms. The first-order valence-corrected chi connectivity index (χ1v) is 13.0. The number of benzene rings is 1. The maximum atomic E-state index is 15.2. The molecule has 0 N–H and O–H groups in total. The topological polar surface area (TPSA) is 87.5 Å². The third kappa shape index (κ3) is 6.52. The van der Waals surface area contributed by atoms with Crippen molar-refractivity contribution in [2.24, 2.45) is 5.92 Å². The average Bonchev–Trinajstić information content (AvgIpc) is 3.33. The van der Waals surface area contributed by atoms with Gasteiger partial charge in [0.15, 0.2) is 5.06 Å². The first-order valence-electron chi connectivity index (χ1n) is 11.2. The van der Waals surface area contributed by atoms with E-state index in [4.69, 9.17) is 4.74 Å². The summed E-state index contributed by atoms with van der Waals surface area (Å²) in [4.78, 5) is 17.7. The molecule has 0 aliphatic heterocycles. The molecule has 7 nitrogen and oxygen atoms in total. The zero-order valence-electron chi connectivity index (χ0n) is 19.7. The molecule has 0 saturated heterocycles. The van der Waals surface area contributed by atoms with Gasteiger partial charge in [-0.05, 0) is 43.4 Å². The van der Waals surface area contributed by atoms with E-state index in [2.05, 4.69) is 18.8 Å². The largest absolute Gasteiger partial charge is 0.755 e. The molecule has 2 aromatic heterocycles. The van der Waals surface area contributed by atoms with E-state index in [1.54, 1.807) is 12.3 Å². The van der Waals surface area contributed by atoms with Crippen molar-refractivity contribution in [1.82, 2.24) is 13.9 Å². The standard InChI is InChI=1S/C24H30FN3O4S2/c1-5-6-10-28(34(30)31)24(29)32-23-21(14-19(33-23)12-16(2)3)20-8-7-18(13-22(20)25)15-27-11-9-26-17(27)4/h7-9,11,13-14,16H,5-6,10,12,15H2,1-4H3,(H,30,31)/p-1. The molecule has 1 amide bonds. The first kappa shape index (κ1) is 26.1. The highest BCUT2D eigenvalue weighted by Crippen LogP contribution is 2.41. The van der Waals surface area contributed by atoms with Gasteiger partial charge in [0.25, 0.3) is 0 Å². The molecule has 3 aromatic rings. The van der Waals surface area contributed by atoms with E-state index in [1.165, 1.54) is 17.4 Å². The van der Waals surface area contributed by atoms with Crippen LogP contribution in [0.4, 0.5) is 9.18 Å². The molecular formula is C24H29FN3O4S2-. The Balaban J connectivity index is 1.92. The second-order valence-electron chi connectivity index (χ2n) is 8.47. The first-order chi connectivity index (χ1) is 16.2. The number of aromatic nitrogens is 2. The summed E-state index contributed by atoms with van der Waals surface area (Å²) in [7, 11) is 0. The van der Waals surface area contributed by atoms with Crippen LogP contribution < -0.4 is 4.74 Å². The van der Waals surface area contributed by atoms with Crippen molar-refractivity contribution in [3.63, 3.8) is 0 Å². The van der Waals surface area contributed by atoms with Crippen LogP contribution in [0, 0.1) is 18.7 Å². The maximum Gasteiger partial charge on any atom is 0.427 e. The van der Waals surface area contributed by atoms with Gasteiger partial charge in [-0.1, -0.05) is 39.3 Å². The summed E-state index contributed by atoms with van der Waals surface area (Å²) in [5.74, 6) is 0.728. The van der Waals surface area contributed by atoms with Crippen LogP contribution in [0.2, 0.25) is 0 Å². The highest BCUT2D eigenvalue weighted by molar-refractivity contribution is 7.77. The van der Waals surface area contributed by atoms with E-state index in [1.807, 2.05) is 36.7 Å². The van der Waals surface area contributed by atoms with Crippen molar-refractivity contribution in [2.75, 3.05) is 6.54 Å². The Bertz CT molecular complexity index is 1160. The number of imidazole rings is 1. The lowest BCUT2D eigenvalue weighted by Gasteiger charge is -2.23. The smallest absolute Gasteiger partial charge is 0.427 e. The van der Waals surface area contributed by atoms with E-state index in [-0.39, 0.29) is 11.6 Å². The van der Waals surface area contributed by atoms with Crippen LogP contribution in [-0.2, 0) is 24.2 Å². The van der Waals surface area contributed by atoms with Gasteiger partial charge in [0.1, 0.15) is 11.6 Å². The monoisotopic (exact) mass is 506 g/mol. The Kier molecular flexibility index (Phi) is 8.98. The van der Waals surface area contributed by atoms with E-state index in [0.29, 0.717) is 34.3 Å². The van der Waals surface area contributed by atoms with Crippen LogP contribution in [0.3, 0.4) is 0 Å². The van der Waals surface area contributed by atoms with E-state index >= 15 is 4.39 Å². The van der Waals surface area contributed by atoms with E-state index in [9.17, 15) is 13.6 Å². The fourth-order valence-corrected chi connectivity index (χ4v) is 5.15. The third-order valence-electron chi connectivity index (χ3n) is 5.24. The van der Waals surface area contributed by atoms with Crippen molar-refractivity contribution in [2.45, 2.75) is 53.5 Å². The molecule has 3 rings (SSSR count). The number of carbonyl (C=O) groups is 1. The predicted molar refractivity (Wildman–Crippen MR) is 131 cm³/mol. The average molecular weight is 507 g/mol. The number of ether oxygens (including phenoxy) is 1. The quantitative estimate of drug-likeness (QED) is 0.329. The number of rotatable bonds is 10. The SMILES string of the molecule is CCCCN(C(=O)Oc1sc(CC(C)C)cc1-c1ccc(Cn2ccnc2C)cc1F)S(=O)[O-]. The summed E-state index contributed by atoms with van der Waals surface area (Å²) < 4.78 is 46.4. The molecule has 0 aliphatic rings. The second kappa shape index (κ2) is 11.7. The number of nitrogens with zero attached hydrogens (tertiary/aromatic N) is 3. The highest BCUT2D eigenvalue weighted by atomic mass is 32.2. The van der Waals surface area contributed by atoms with Gasteiger partial charge in [0, 0.05) is 41.5 Å². The Hall–Kier alpha value is -2.56. The minimum Gasteiger partial charge on any atom is -0.755 e. The molecule has 2 heterocycles. The molecule has 0 fully saturated rings. The number of amides is 1. The summed E-state index contributed by atoms with van der Waals surface area (Å²) in [6.45, 7) is 8.41. The number of aryl methyl sites for hydroxylation is 1. The van der Waals surface area contributed by atoms with Gasteiger partial charge in [-0.25, -0.2) is 18.5 Å². The van der Waals surface area contributed by atoms with Crippen LogP contribution in [0.1, 0.15) is 49.9 Å². The number of unbranched alkanes of at least 4 members (excludes halogenated alkanes) is 1. The summed E-state index contributed by atoms with van der Waals surface area (Å²) in [6, 6.07) is 6.76. The molecule has 0 saturated carbocycles. The van der Waals surface area contributed by atoms with Gasteiger partial charge < -0.3 is 13.9 Å². The lowest BCUT2D eigenvalue weighted by molar-refractivity contribution is 0.179. The molecule has 0 aliphatic carbocycles. The number of hydrogen-bond donors (Lipinski definition) is 0. The third-order valence-corrected chi connectivity index (χ3v) is 6.96. The Morgan fingerprint density at radius 2 is 2.09 bits per heavy atom. The van der Waals surface area contributed by atoms with Crippen molar-refractivity contribution in [3.8, 4) is 16.2 Å². The normalized spacial score (nSPS) is 12.2. The number of thiophene rings is 1. The fraction of sp³-hybridized carbons (Fsp3) is 0.417. The van der Waals surface area contributed by atoms with E-state index < -0.39 is 23.2 Å². The van der Waals surface area contributed by atoms with Crippen LogP contribution >= 0.6 is 11.3 Å². The van der Waals surface area contributed by atoms with Crippen LogP contribution in [0.5, 0.6) is 5.06 Å². The number of hydrogen-bond acceptors (Lipinski definition) is 6. The fourth-order valence-electron chi connectivity index (χ4n) is 3.49. The zero-order valence-corrected chi connectivity index (χ0v) is 21.4. The van der Waals surface area contributed by atoms with Crippen molar-refractivity contribution in [1.29, 1.82) is 0 Å². The van der Waals surface area contributed by atoms with Crippen LogP contribution in [0.15, 0.2) is 36.7 Å². The van der Waals surface area contributed by atoms with Gasteiger partial charge in [-0.3, -0.25) is 4.21 Å². The van der Waals surface area contributed by atoms with E-state index in [0.717, 1.165) is 29.1 Å². The summed E-state index contributed by atoms with van der Waals surface area (Å²) in [5.41, 5.74) is 1.50. The van der Waals surface area contributed by atoms with Crippen molar-refractivity contribution >= 4 is 28.7 Å². The Morgan fingerprint density at radius 3 is 2.68 bits per heavy atom. The summed E-state index contributed by atoms with van der Waals surface area (Å²) in [5, 5.41) is 0.185. The minimum atomic E-state index is -2.76. The van der Waals surface area contributed by atoms with Crippen LogP contribution in [-0.4, -0.2) is 35.3 Å². The molecular weight excluding hydrogens is 477 g/mol. The lowest BCUT2D eigenvalue weighted by atomic mass is 10.0. The predicted octanol–water partition coefficient (Wildman–Crippen LogP) is 5.70. The zero-order chi connectivity index (χ0) is 24.8. The lowest BCUT2D eigenvalue weighted by Crippen LogP contribution is -2.35. The van der Waals surface area contributed by atoms with Crippen molar-refractivity contribution in [3.05, 3.63) is 58.7 Å². The number of halogens is 1. The van der Waals surface area contributed by atoms with Gasteiger partial charge in [-0.15, -0.1) is 11.3 Å². The Morgan fingerprint density at radius 1 is 1.32 bits per heavy atom. The molecule has 34 heavy (non-hydrogen) atoms. The van der Waals surface area contributed by atoms with Gasteiger partial charge >= 0.3 is 6.09 Å². The van der Waals surface area contributed by atoms with Gasteiger partial charge in [0.05, 0.1) is 11.3 Å². The summed E-state index contributed by atoms with van der Waals surface area (Å²) >= 11 is -1.52. The van der Waals surface area contributed by atoms with Gasteiger partial charge in [0.2, 0.25) is 0 Å². The highest BCUT2D eigenvalue weighted by Gasteiger charge is 2.23. The molecule has 1 atom stereocenters. The molecule has 0 spiro atoms. The molecule has 1 aromatic carbocycles. The minimum absolute atomic E-state index is 0.0295. The molecule has 0 radical (unpaired) electrons. The van der Waals surface area contributed by atoms with Crippen molar-refractivity contribution < 1.29 is 22.7 Å². The molecule has 0 bridgehead atoms. The summed E-state index contributed by atoms with van der Waals surface area (Å²) in [6.07, 6.45) is 4.50. The molecule has 1 unspecified atom stereocenters. The Labute approximate surface area is 206 Å². The molecule has 184 valence electrons. The second-order valence-corrected chi connectivity index (χ2v) is 10.4. The number of carbonyl (C=O) groups excluding carboxylic acids is 1. The van der Waals surface area contributed by atoms with Crippen LogP contribution in [0.25, 0.3) is 11.1 Å². The maximum absolute atomic E-state index is 15.2. The van der Waals surface area contributed by atoms with Gasteiger partial charge in [-0.2, -0.15) is 0 Å².